The van der Waals surface area contributed by atoms with Gasteiger partial charge in [-0.3, -0.25) is 14.5 Å². The van der Waals surface area contributed by atoms with Crippen LogP contribution in [0.25, 0.3) is 0 Å². The van der Waals surface area contributed by atoms with Gasteiger partial charge in [0.25, 0.3) is 5.91 Å². The molecule has 2 N–H and O–H groups in total. The van der Waals surface area contributed by atoms with Crippen molar-refractivity contribution in [2.45, 2.75) is 25.8 Å². The molecule has 0 saturated carbocycles. The number of para-hydroxylation sites is 1. The van der Waals surface area contributed by atoms with Crippen LogP contribution < -0.4 is 20.1 Å². The summed E-state index contributed by atoms with van der Waals surface area (Å²) in [5, 5.41) is 6.00. The van der Waals surface area contributed by atoms with Crippen molar-refractivity contribution in [2.24, 2.45) is 5.92 Å². The summed E-state index contributed by atoms with van der Waals surface area (Å²) in [6, 6.07) is 23.2. The quantitative estimate of drug-likeness (QED) is 0.427. The van der Waals surface area contributed by atoms with Gasteiger partial charge in [0.2, 0.25) is 5.91 Å². The third-order valence-corrected chi connectivity index (χ3v) is 6.70. The van der Waals surface area contributed by atoms with E-state index < -0.39 is 0 Å². The fourth-order valence-electron chi connectivity index (χ4n) is 4.73. The second kappa shape index (κ2) is 12.9. The Balaban J connectivity index is 1.33. The molecule has 0 aromatic heterocycles. The minimum atomic E-state index is -0.217. The van der Waals surface area contributed by atoms with Crippen LogP contribution in [0.4, 0.5) is 5.69 Å². The Hall–Kier alpha value is -3.84. The summed E-state index contributed by atoms with van der Waals surface area (Å²) in [6.07, 6.45) is 2.46. The highest BCUT2D eigenvalue weighted by atomic mass is 16.5. The minimum Gasteiger partial charge on any atom is -0.493 e. The number of methoxy groups -OCH3 is 2. The molecule has 7 nitrogen and oxygen atoms in total. The molecule has 37 heavy (non-hydrogen) atoms. The molecule has 1 heterocycles. The van der Waals surface area contributed by atoms with E-state index in [-0.39, 0.29) is 17.7 Å². The van der Waals surface area contributed by atoms with Gasteiger partial charge in [-0.2, -0.15) is 0 Å². The molecule has 1 unspecified atom stereocenters. The second-order valence-corrected chi connectivity index (χ2v) is 9.29. The van der Waals surface area contributed by atoms with E-state index in [1.165, 1.54) is 5.56 Å². The van der Waals surface area contributed by atoms with E-state index in [4.69, 9.17) is 9.47 Å². The lowest BCUT2D eigenvalue weighted by Crippen LogP contribution is -2.40. The van der Waals surface area contributed by atoms with Crippen LogP contribution in [-0.4, -0.2) is 50.6 Å². The average molecular weight is 502 g/mol. The summed E-state index contributed by atoms with van der Waals surface area (Å²) in [5.41, 5.74) is 3.27. The molecule has 7 heteroatoms. The molecule has 1 aliphatic rings. The first-order valence-corrected chi connectivity index (χ1v) is 12.7. The molecular formula is C30H35N3O4. The summed E-state index contributed by atoms with van der Waals surface area (Å²) in [6.45, 7) is 2.98. The van der Waals surface area contributed by atoms with Gasteiger partial charge in [-0.25, -0.2) is 0 Å². The molecule has 0 aliphatic carbocycles. The normalized spacial score (nSPS) is 15.6. The standard InChI is InChI=1S/C30H35N3O4/c1-36-27-15-14-22(19-28(27)37-2)16-17-31-30(35)25-12-6-7-13-26(25)32-29(34)24-11-8-18-33(21-24)20-23-9-4-3-5-10-23/h3-7,9-10,12-15,19,24H,8,11,16-18,20-21H2,1-2H3,(H,31,35)(H,32,34). The zero-order chi connectivity index (χ0) is 26.0. The molecule has 194 valence electrons. The Bertz CT molecular complexity index is 1200. The first kappa shape index (κ1) is 26.2. The van der Waals surface area contributed by atoms with Gasteiger partial charge in [0.1, 0.15) is 0 Å². The van der Waals surface area contributed by atoms with Crippen molar-refractivity contribution in [1.29, 1.82) is 0 Å². The molecule has 0 radical (unpaired) electrons. The molecule has 0 spiro atoms. The summed E-state index contributed by atoms with van der Waals surface area (Å²) in [7, 11) is 3.20. The van der Waals surface area contributed by atoms with Gasteiger partial charge in [0.15, 0.2) is 11.5 Å². The van der Waals surface area contributed by atoms with E-state index in [9.17, 15) is 9.59 Å². The number of hydrogen-bond acceptors (Lipinski definition) is 5. The van der Waals surface area contributed by atoms with Crippen molar-refractivity contribution < 1.29 is 19.1 Å². The fourth-order valence-corrected chi connectivity index (χ4v) is 4.73. The predicted molar refractivity (Wildman–Crippen MR) is 145 cm³/mol. The van der Waals surface area contributed by atoms with Crippen molar-refractivity contribution in [2.75, 3.05) is 39.2 Å². The maximum absolute atomic E-state index is 13.2. The first-order valence-electron chi connectivity index (χ1n) is 12.7. The largest absolute Gasteiger partial charge is 0.493 e. The number of ether oxygens (including phenoxy) is 2. The number of amides is 2. The van der Waals surface area contributed by atoms with Crippen LogP contribution in [0.2, 0.25) is 0 Å². The van der Waals surface area contributed by atoms with E-state index in [0.29, 0.717) is 42.3 Å². The van der Waals surface area contributed by atoms with Gasteiger partial charge in [-0.05, 0) is 61.2 Å². The van der Waals surface area contributed by atoms with E-state index in [2.05, 4.69) is 27.7 Å². The molecule has 1 saturated heterocycles. The highest BCUT2D eigenvalue weighted by Gasteiger charge is 2.26. The maximum Gasteiger partial charge on any atom is 0.253 e. The molecule has 1 aliphatic heterocycles. The second-order valence-electron chi connectivity index (χ2n) is 9.29. The number of hydrogen-bond donors (Lipinski definition) is 2. The molecule has 3 aromatic carbocycles. The third-order valence-electron chi connectivity index (χ3n) is 6.70. The molecule has 3 aromatic rings. The average Bonchev–Trinajstić information content (AvgIpc) is 2.94. The highest BCUT2D eigenvalue weighted by molar-refractivity contribution is 6.04. The molecular weight excluding hydrogens is 466 g/mol. The lowest BCUT2D eigenvalue weighted by Gasteiger charge is -2.32. The van der Waals surface area contributed by atoms with E-state index in [1.807, 2.05) is 42.5 Å². The monoisotopic (exact) mass is 501 g/mol. The van der Waals surface area contributed by atoms with Crippen molar-refractivity contribution in [3.63, 3.8) is 0 Å². The number of nitrogens with zero attached hydrogens (tertiary/aromatic N) is 1. The Labute approximate surface area is 218 Å². The van der Waals surface area contributed by atoms with Crippen LogP contribution in [0.15, 0.2) is 72.8 Å². The predicted octanol–water partition coefficient (Wildman–Crippen LogP) is 4.53. The van der Waals surface area contributed by atoms with Crippen LogP contribution >= 0.6 is 0 Å². The summed E-state index contributed by atoms with van der Waals surface area (Å²) >= 11 is 0. The van der Waals surface area contributed by atoms with Crippen LogP contribution in [0.5, 0.6) is 11.5 Å². The Morgan fingerprint density at radius 3 is 2.46 bits per heavy atom. The van der Waals surface area contributed by atoms with E-state index in [1.54, 1.807) is 32.4 Å². The summed E-state index contributed by atoms with van der Waals surface area (Å²) < 4.78 is 10.6. The number of nitrogens with one attached hydrogen (secondary N) is 2. The van der Waals surface area contributed by atoms with E-state index in [0.717, 1.165) is 31.5 Å². The molecule has 2 amide bonds. The maximum atomic E-state index is 13.2. The van der Waals surface area contributed by atoms with Gasteiger partial charge in [-0.1, -0.05) is 48.5 Å². The van der Waals surface area contributed by atoms with Gasteiger partial charge >= 0.3 is 0 Å². The number of rotatable bonds is 10. The highest BCUT2D eigenvalue weighted by Crippen LogP contribution is 2.27. The van der Waals surface area contributed by atoms with Crippen LogP contribution in [0.3, 0.4) is 0 Å². The van der Waals surface area contributed by atoms with Crippen molar-refractivity contribution in [3.8, 4) is 11.5 Å². The number of benzene rings is 3. The van der Waals surface area contributed by atoms with Crippen molar-refractivity contribution >= 4 is 17.5 Å². The smallest absolute Gasteiger partial charge is 0.253 e. The third kappa shape index (κ3) is 7.11. The van der Waals surface area contributed by atoms with Crippen molar-refractivity contribution in [1.82, 2.24) is 10.2 Å². The molecule has 0 bridgehead atoms. The van der Waals surface area contributed by atoms with Crippen molar-refractivity contribution in [3.05, 3.63) is 89.5 Å². The first-order chi connectivity index (χ1) is 18.1. The van der Waals surface area contributed by atoms with Crippen LogP contribution in [-0.2, 0) is 17.8 Å². The summed E-state index contributed by atoms with van der Waals surface area (Å²) in [5.74, 6) is 0.957. The topological polar surface area (TPSA) is 79.9 Å². The SMILES string of the molecule is COc1ccc(CCNC(=O)c2ccccc2NC(=O)C2CCCN(Cc3ccccc3)C2)cc1OC. The van der Waals surface area contributed by atoms with E-state index >= 15 is 0 Å². The number of carbonyl (C=O) groups is 2. The fraction of sp³-hybridized carbons (Fsp3) is 0.333. The molecule has 1 fully saturated rings. The van der Waals surface area contributed by atoms with Gasteiger partial charge in [0, 0.05) is 19.6 Å². The number of piperidine rings is 1. The summed E-state index contributed by atoms with van der Waals surface area (Å²) in [4.78, 5) is 28.5. The Kier molecular flexibility index (Phi) is 9.16. The lowest BCUT2D eigenvalue weighted by molar-refractivity contribution is -0.121. The van der Waals surface area contributed by atoms with Crippen LogP contribution in [0.1, 0.15) is 34.3 Å². The number of anilines is 1. The Morgan fingerprint density at radius 1 is 0.919 bits per heavy atom. The zero-order valence-corrected chi connectivity index (χ0v) is 21.5. The molecule has 1 atom stereocenters. The van der Waals surface area contributed by atoms with Crippen LogP contribution in [0, 0.1) is 5.92 Å². The number of carbonyl (C=O) groups excluding carboxylic acids is 2. The number of likely N-dealkylation sites (tertiary alicyclic amines) is 1. The zero-order valence-electron chi connectivity index (χ0n) is 21.5. The van der Waals surface area contributed by atoms with Gasteiger partial charge in [-0.15, -0.1) is 0 Å². The Morgan fingerprint density at radius 2 is 1.68 bits per heavy atom. The minimum absolute atomic E-state index is 0.0386. The molecule has 4 rings (SSSR count). The lowest BCUT2D eigenvalue weighted by atomic mass is 9.96. The van der Waals surface area contributed by atoms with Gasteiger partial charge in [0.05, 0.1) is 31.4 Å². The van der Waals surface area contributed by atoms with Gasteiger partial charge < -0.3 is 20.1 Å².